The molecule has 2 aliphatic rings. The number of carbonyl (C=O) groups is 1. The van der Waals surface area contributed by atoms with Crippen LogP contribution in [-0.2, 0) is 16.0 Å². The van der Waals surface area contributed by atoms with Gasteiger partial charge < -0.3 is 34.5 Å². The van der Waals surface area contributed by atoms with Gasteiger partial charge in [-0.1, -0.05) is 42.5 Å². The summed E-state index contributed by atoms with van der Waals surface area (Å²) in [6.07, 6.45) is -1.45. The van der Waals surface area contributed by atoms with Gasteiger partial charge in [0.2, 0.25) is 5.91 Å². The van der Waals surface area contributed by atoms with Crippen molar-refractivity contribution < 1.29 is 34.0 Å². The van der Waals surface area contributed by atoms with Gasteiger partial charge in [-0.15, -0.1) is 0 Å². The van der Waals surface area contributed by atoms with E-state index in [-0.39, 0.29) is 5.91 Å². The van der Waals surface area contributed by atoms with Crippen LogP contribution in [-0.4, -0.2) is 49.6 Å². The highest BCUT2D eigenvalue weighted by molar-refractivity contribution is 5.74. The fraction of sp³-hybridized carbons (Fsp3) is 0.321. The molecule has 0 aromatic heterocycles. The van der Waals surface area contributed by atoms with E-state index < -0.39 is 29.3 Å². The standard InChI is InChI=1S/C28H29NO7/c1-16(30)29-25-23(17-8-6-5-7-9-17)28(18-10-12-19(33-2)13-11-18)27(32,26(25)31)24-21(35-4)14-20(34-3)15-22(24)36-28/h5-15,23,25-26,31-32H,1-4H3,(H,29,30)/t23-,25-,26-,27+,28+/m1/s1. The first-order valence-electron chi connectivity index (χ1n) is 11.6. The van der Waals surface area contributed by atoms with E-state index in [0.717, 1.165) is 5.56 Å². The van der Waals surface area contributed by atoms with Crippen molar-refractivity contribution in [3.05, 3.63) is 83.4 Å². The minimum absolute atomic E-state index is 0.294. The van der Waals surface area contributed by atoms with Gasteiger partial charge in [0.05, 0.1) is 38.9 Å². The predicted octanol–water partition coefficient (Wildman–Crippen LogP) is 2.85. The van der Waals surface area contributed by atoms with Gasteiger partial charge in [0, 0.05) is 19.1 Å². The summed E-state index contributed by atoms with van der Waals surface area (Å²) in [5.74, 6) is 0.710. The fourth-order valence-electron chi connectivity index (χ4n) is 5.90. The molecule has 3 N–H and O–H groups in total. The van der Waals surface area contributed by atoms with E-state index in [0.29, 0.717) is 34.1 Å². The second-order valence-corrected chi connectivity index (χ2v) is 9.09. The van der Waals surface area contributed by atoms with Gasteiger partial charge in [-0.05, 0) is 23.3 Å². The lowest BCUT2D eigenvalue weighted by atomic mass is 9.71. The first-order chi connectivity index (χ1) is 17.3. The molecule has 5 atom stereocenters. The molecule has 0 radical (unpaired) electrons. The Morgan fingerprint density at radius 1 is 0.944 bits per heavy atom. The van der Waals surface area contributed by atoms with Crippen molar-refractivity contribution in [2.45, 2.75) is 36.2 Å². The van der Waals surface area contributed by atoms with Crippen molar-refractivity contribution in [3.8, 4) is 23.0 Å². The molecule has 1 aliphatic carbocycles. The third-order valence-corrected chi connectivity index (χ3v) is 7.33. The molecule has 3 aromatic carbocycles. The van der Waals surface area contributed by atoms with Crippen LogP contribution >= 0.6 is 0 Å². The average Bonchev–Trinajstić information content (AvgIpc) is 3.26. The summed E-state index contributed by atoms with van der Waals surface area (Å²) in [5.41, 5.74) is -1.86. The number of ether oxygens (including phenoxy) is 4. The van der Waals surface area contributed by atoms with Crippen molar-refractivity contribution in [3.63, 3.8) is 0 Å². The lowest BCUT2D eigenvalue weighted by Crippen LogP contribution is -2.52. The van der Waals surface area contributed by atoms with E-state index in [1.807, 2.05) is 30.3 Å². The highest BCUT2D eigenvalue weighted by atomic mass is 16.5. The Kier molecular flexibility index (Phi) is 5.81. The van der Waals surface area contributed by atoms with E-state index in [2.05, 4.69) is 5.32 Å². The molecule has 1 fully saturated rings. The number of carbonyl (C=O) groups excluding carboxylic acids is 1. The number of methoxy groups -OCH3 is 3. The number of nitrogens with one attached hydrogen (secondary N) is 1. The summed E-state index contributed by atoms with van der Waals surface area (Å²) in [4.78, 5) is 12.3. The van der Waals surface area contributed by atoms with E-state index in [1.54, 1.807) is 43.5 Å². The van der Waals surface area contributed by atoms with Crippen LogP contribution in [0.25, 0.3) is 0 Å². The fourth-order valence-corrected chi connectivity index (χ4v) is 5.90. The SMILES string of the molecule is COc1ccc([C@@]23Oc4cc(OC)cc(OC)c4[C@]2(O)[C@H](O)[C@H](NC(C)=O)[C@H]3c2ccccc2)cc1. The first kappa shape index (κ1) is 24.0. The third-order valence-electron chi connectivity index (χ3n) is 7.33. The molecule has 188 valence electrons. The highest BCUT2D eigenvalue weighted by Gasteiger charge is 2.77. The summed E-state index contributed by atoms with van der Waals surface area (Å²) in [6.45, 7) is 1.38. The normalized spacial score (nSPS) is 28.0. The van der Waals surface area contributed by atoms with Gasteiger partial charge in [-0.2, -0.15) is 0 Å². The summed E-state index contributed by atoms with van der Waals surface area (Å²) in [7, 11) is 4.58. The molecule has 0 unspecified atom stereocenters. The zero-order valence-electron chi connectivity index (χ0n) is 20.5. The summed E-state index contributed by atoms with van der Waals surface area (Å²) in [5, 5.41) is 27.4. The number of benzene rings is 3. The largest absolute Gasteiger partial charge is 0.497 e. The Morgan fingerprint density at radius 2 is 1.61 bits per heavy atom. The number of fused-ring (bicyclic) bond motifs is 3. The van der Waals surface area contributed by atoms with Crippen molar-refractivity contribution in [1.82, 2.24) is 5.32 Å². The molecule has 1 heterocycles. The number of aliphatic hydroxyl groups is 2. The Hall–Kier alpha value is -3.75. The van der Waals surface area contributed by atoms with Crippen molar-refractivity contribution in [2.75, 3.05) is 21.3 Å². The minimum Gasteiger partial charge on any atom is -0.497 e. The number of amides is 1. The van der Waals surface area contributed by atoms with E-state index in [9.17, 15) is 15.0 Å². The van der Waals surface area contributed by atoms with Gasteiger partial charge in [0.1, 0.15) is 29.1 Å². The van der Waals surface area contributed by atoms with Crippen LogP contribution in [0.5, 0.6) is 23.0 Å². The maximum atomic E-state index is 12.7. The summed E-state index contributed by atoms with van der Waals surface area (Å²) >= 11 is 0. The molecule has 1 saturated carbocycles. The van der Waals surface area contributed by atoms with E-state index in [4.69, 9.17) is 18.9 Å². The van der Waals surface area contributed by atoms with Gasteiger partial charge in [-0.25, -0.2) is 0 Å². The van der Waals surface area contributed by atoms with Crippen molar-refractivity contribution >= 4 is 5.91 Å². The number of aliphatic hydroxyl groups excluding tert-OH is 1. The molecule has 1 amide bonds. The van der Waals surface area contributed by atoms with Gasteiger partial charge >= 0.3 is 0 Å². The van der Waals surface area contributed by atoms with Crippen molar-refractivity contribution in [2.24, 2.45) is 0 Å². The minimum atomic E-state index is -2.00. The predicted molar refractivity (Wildman–Crippen MR) is 132 cm³/mol. The lowest BCUT2D eigenvalue weighted by Gasteiger charge is -2.40. The molecule has 36 heavy (non-hydrogen) atoms. The number of hydrogen-bond acceptors (Lipinski definition) is 7. The average molecular weight is 492 g/mol. The quantitative estimate of drug-likeness (QED) is 0.487. The van der Waals surface area contributed by atoms with Gasteiger partial charge in [0.15, 0.2) is 11.2 Å². The Morgan fingerprint density at radius 3 is 2.19 bits per heavy atom. The Labute approximate surface area is 209 Å². The van der Waals surface area contributed by atoms with Crippen LogP contribution in [0.2, 0.25) is 0 Å². The summed E-state index contributed by atoms with van der Waals surface area (Å²) < 4.78 is 23.2. The zero-order valence-corrected chi connectivity index (χ0v) is 20.5. The number of hydrogen-bond donors (Lipinski definition) is 3. The molecule has 3 aromatic rings. The second-order valence-electron chi connectivity index (χ2n) is 9.09. The molecule has 5 rings (SSSR count). The van der Waals surface area contributed by atoms with Crippen LogP contribution < -0.4 is 24.3 Å². The molecule has 0 bridgehead atoms. The second kappa shape index (κ2) is 8.72. The van der Waals surface area contributed by atoms with Crippen molar-refractivity contribution in [1.29, 1.82) is 0 Å². The van der Waals surface area contributed by atoms with E-state index >= 15 is 0 Å². The molecule has 8 nitrogen and oxygen atoms in total. The first-order valence-corrected chi connectivity index (χ1v) is 11.6. The van der Waals surface area contributed by atoms with Crippen LogP contribution in [0.3, 0.4) is 0 Å². The van der Waals surface area contributed by atoms with Gasteiger partial charge in [-0.3, -0.25) is 4.79 Å². The van der Waals surface area contributed by atoms with Gasteiger partial charge in [0.25, 0.3) is 0 Å². The monoisotopic (exact) mass is 491 g/mol. The molecule has 8 heteroatoms. The topological polar surface area (TPSA) is 106 Å². The highest BCUT2D eigenvalue weighted by Crippen LogP contribution is 2.68. The third kappa shape index (κ3) is 3.18. The van der Waals surface area contributed by atoms with Crippen LogP contribution in [0, 0.1) is 0 Å². The van der Waals surface area contributed by atoms with Crippen LogP contribution in [0.4, 0.5) is 0 Å². The molecule has 0 spiro atoms. The zero-order chi connectivity index (χ0) is 25.7. The Bertz CT molecular complexity index is 1280. The molecule has 1 aliphatic heterocycles. The maximum Gasteiger partial charge on any atom is 0.217 e. The van der Waals surface area contributed by atoms with E-state index in [1.165, 1.54) is 21.1 Å². The smallest absolute Gasteiger partial charge is 0.217 e. The summed E-state index contributed by atoms with van der Waals surface area (Å²) in [6, 6.07) is 19.0. The van der Waals surface area contributed by atoms with Crippen LogP contribution in [0.15, 0.2) is 66.7 Å². The Balaban J connectivity index is 1.86. The number of rotatable bonds is 6. The maximum absolute atomic E-state index is 12.7. The molecular formula is C28H29NO7. The molecular weight excluding hydrogens is 462 g/mol. The van der Waals surface area contributed by atoms with Crippen LogP contribution in [0.1, 0.15) is 29.5 Å². The molecule has 0 saturated heterocycles. The lowest BCUT2D eigenvalue weighted by molar-refractivity contribution is -0.151.